The third kappa shape index (κ3) is 3.55. The molecule has 2 heterocycles. The first-order valence-electron chi connectivity index (χ1n) is 8.84. The van der Waals surface area contributed by atoms with E-state index in [2.05, 4.69) is 22.8 Å². The van der Waals surface area contributed by atoms with Gasteiger partial charge in [-0.15, -0.1) is 0 Å². The van der Waals surface area contributed by atoms with Gasteiger partial charge in [-0.2, -0.15) is 0 Å². The maximum atomic E-state index is 11.7. The van der Waals surface area contributed by atoms with Crippen LogP contribution in [0.25, 0.3) is 0 Å². The molecule has 0 saturated heterocycles. The van der Waals surface area contributed by atoms with Crippen LogP contribution in [0.1, 0.15) is 30.4 Å². The van der Waals surface area contributed by atoms with Crippen molar-refractivity contribution >= 4 is 17.3 Å². The van der Waals surface area contributed by atoms with Gasteiger partial charge >= 0.3 is 0 Å². The van der Waals surface area contributed by atoms with Crippen LogP contribution in [0.2, 0.25) is 0 Å². The Bertz CT molecular complexity index is 789. The van der Waals surface area contributed by atoms with Crippen LogP contribution in [0.4, 0.5) is 11.4 Å². The fourth-order valence-electron chi connectivity index (χ4n) is 3.28. The highest BCUT2D eigenvalue weighted by Gasteiger charge is 2.15. The van der Waals surface area contributed by atoms with Crippen molar-refractivity contribution < 1.29 is 14.3 Å². The van der Waals surface area contributed by atoms with Gasteiger partial charge in [0.15, 0.2) is 11.5 Å². The highest BCUT2D eigenvalue weighted by atomic mass is 16.5. The molecular formula is C20H22N2O3. The summed E-state index contributed by atoms with van der Waals surface area (Å²) in [5.41, 5.74) is 4.24. The first-order chi connectivity index (χ1) is 12.3. The van der Waals surface area contributed by atoms with Gasteiger partial charge in [-0.25, -0.2) is 0 Å². The van der Waals surface area contributed by atoms with E-state index < -0.39 is 0 Å². The molecule has 130 valence electrons. The summed E-state index contributed by atoms with van der Waals surface area (Å²) >= 11 is 0. The van der Waals surface area contributed by atoms with Crippen LogP contribution in [0.15, 0.2) is 36.4 Å². The fraction of sp³-hybridized carbons (Fsp3) is 0.350. The zero-order valence-corrected chi connectivity index (χ0v) is 14.1. The number of rotatable bonds is 3. The quantitative estimate of drug-likeness (QED) is 0.895. The number of carbonyl (C=O) groups excluding carboxylic acids is 1. The van der Waals surface area contributed by atoms with E-state index in [1.54, 1.807) is 0 Å². The average Bonchev–Trinajstić information content (AvgIpc) is 2.97. The molecule has 25 heavy (non-hydrogen) atoms. The SMILES string of the molecule is O=C1CCCc2cc(NCc3cccc4c3OCCCO4)ccc2N1. The second-order valence-corrected chi connectivity index (χ2v) is 6.42. The van der Waals surface area contributed by atoms with E-state index >= 15 is 0 Å². The number of hydrogen-bond donors (Lipinski definition) is 2. The Morgan fingerprint density at radius 3 is 2.92 bits per heavy atom. The molecule has 5 heteroatoms. The van der Waals surface area contributed by atoms with E-state index in [-0.39, 0.29) is 5.91 Å². The van der Waals surface area contributed by atoms with Crippen LogP contribution >= 0.6 is 0 Å². The monoisotopic (exact) mass is 338 g/mol. The Kier molecular flexibility index (Phi) is 4.46. The minimum Gasteiger partial charge on any atom is -0.490 e. The van der Waals surface area contributed by atoms with Crippen LogP contribution in [-0.4, -0.2) is 19.1 Å². The summed E-state index contributed by atoms with van der Waals surface area (Å²) in [5, 5.41) is 6.43. The van der Waals surface area contributed by atoms with Crippen LogP contribution in [-0.2, 0) is 17.8 Å². The number of hydrogen-bond acceptors (Lipinski definition) is 4. The van der Waals surface area contributed by atoms with E-state index in [4.69, 9.17) is 9.47 Å². The standard InChI is InChI=1S/C20H22N2O3/c23-19-7-2-4-14-12-16(8-9-17(14)22-19)21-13-15-5-1-6-18-20(15)25-11-3-10-24-18/h1,5-6,8-9,12,21H,2-4,7,10-11,13H2,(H,22,23). The van der Waals surface area contributed by atoms with Crippen molar-refractivity contribution in [3.05, 3.63) is 47.5 Å². The van der Waals surface area contributed by atoms with Gasteiger partial charge in [0.1, 0.15) is 0 Å². The van der Waals surface area contributed by atoms with Gasteiger partial charge < -0.3 is 20.1 Å². The van der Waals surface area contributed by atoms with Gasteiger partial charge in [-0.05, 0) is 42.7 Å². The number of carbonyl (C=O) groups is 1. The Morgan fingerprint density at radius 1 is 1.04 bits per heavy atom. The van der Waals surface area contributed by atoms with Crippen LogP contribution in [0, 0.1) is 0 Å². The molecule has 2 aromatic rings. The van der Waals surface area contributed by atoms with Crippen molar-refractivity contribution in [2.45, 2.75) is 32.2 Å². The molecule has 0 fully saturated rings. The molecule has 0 saturated carbocycles. The zero-order valence-electron chi connectivity index (χ0n) is 14.1. The molecule has 0 radical (unpaired) electrons. The largest absolute Gasteiger partial charge is 0.490 e. The molecule has 2 aromatic carbocycles. The maximum Gasteiger partial charge on any atom is 0.224 e. The summed E-state index contributed by atoms with van der Waals surface area (Å²) in [5.74, 6) is 1.76. The zero-order chi connectivity index (χ0) is 17.1. The lowest BCUT2D eigenvalue weighted by molar-refractivity contribution is -0.116. The highest BCUT2D eigenvalue weighted by Crippen LogP contribution is 2.34. The average molecular weight is 338 g/mol. The summed E-state index contributed by atoms with van der Waals surface area (Å²) in [6, 6.07) is 12.1. The van der Waals surface area contributed by atoms with E-state index in [1.165, 1.54) is 5.56 Å². The molecule has 2 aliphatic heterocycles. The molecule has 1 amide bonds. The first kappa shape index (κ1) is 15.8. The van der Waals surface area contributed by atoms with Crippen LogP contribution < -0.4 is 20.1 Å². The van der Waals surface area contributed by atoms with Crippen LogP contribution in [0.3, 0.4) is 0 Å². The predicted molar refractivity (Wildman–Crippen MR) is 97.4 cm³/mol. The summed E-state index contributed by atoms with van der Waals surface area (Å²) in [6.07, 6.45) is 3.30. The summed E-state index contributed by atoms with van der Waals surface area (Å²) in [7, 11) is 0. The number of fused-ring (bicyclic) bond motifs is 2. The number of nitrogens with one attached hydrogen (secondary N) is 2. The molecule has 0 aromatic heterocycles. The molecule has 5 nitrogen and oxygen atoms in total. The Balaban J connectivity index is 1.51. The molecule has 0 unspecified atom stereocenters. The van der Waals surface area contributed by atoms with Crippen molar-refractivity contribution in [3.8, 4) is 11.5 Å². The lowest BCUT2D eigenvalue weighted by Gasteiger charge is -2.15. The number of anilines is 2. The molecule has 2 aliphatic rings. The number of para-hydroxylation sites is 1. The number of benzene rings is 2. The van der Waals surface area contributed by atoms with Gasteiger partial charge in [0, 0.05) is 36.3 Å². The van der Waals surface area contributed by atoms with Gasteiger partial charge in [-0.3, -0.25) is 4.79 Å². The molecule has 0 atom stereocenters. The minimum atomic E-state index is 0.101. The minimum absolute atomic E-state index is 0.101. The van der Waals surface area contributed by atoms with Gasteiger partial charge in [0.05, 0.1) is 13.2 Å². The molecule has 2 N–H and O–H groups in total. The van der Waals surface area contributed by atoms with E-state index in [0.717, 1.165) is 47.7 Å². The lowest BCUT2D eigenvalue weighted by atomic mass is 10.1. The number of amides is 1. The van der Waals surface area contributed by atoms with E-state index in [9.17, 15) is 4.79 Å². The topological polar surface area (TPSA) is 59.6 Å². The third-order valence-electron chi connectivity index (χ3n) is 4.57. The summed E-state index contributed by atoms with van der Waals surface area (Å²) in [6.45, 7) is 2.04. The molecular weight excluding hydrogens is 316 g/mol. The molecule has 4 rings (SSSR count). The highest BCUT2D eigenvalue weighted by molar-refractivity contribution is 5.92. The fourth-order valence-corrected chi connectivity index (χ4v) is 3.28. The lowest BCUT2D eigenvalue weighted by Crippen LogP contribution is -2.09. The van der Waals surface area contributed by atoms with Crippen LogP contribution in [0.5, 0.6) is 11.5 Å². The smallest absolute Gasteiger partial charge is 0.224 e. The van der Waals surface area contributed by atoms with Crippen molar-refractivity contribution in [2.24, 2.45) is 0 Å². The van der Waals surface area contributed by atoms with Crippen molar-refractivity contribution in [1.82, 2.24) is 0 Å². The van der Waals surface area contributed by atoms with Gasteiger partial charge in [0.25, 0.3) is 0 Å². The predicted octanol–water partition coefficient (Wildman–Crippen LogP) is 3.73. The third-order valence-corrected chi connectivity index (χ3v) is 4.57. The Morgan fingerprint density at radius 2 is 1.96 bits per heavy atom. The second-order valence-electron chi connectivity index (χ2n) is 6.42. The maximum absolute atomic E-state index is 11.7. The Hall–Kier alpha value is -2.69. The molecule has 0 spiro atoms. The van der Waals surface area contributed by atoms with E-state index in [0.29, 0.717) is 26.2 Å². The first-order valence-corrected chi connectivity index (χ1v) is 8.84. The van der Waals surface area contributed by atoms with Gasteiger partial charge in [-0.1, -0.05) is 12.1 Å². The summed E-state index contributed by atoms with van der Waals surface area (Å²) < 4.78 is 11.6. The van der Waals surface area contributed by atoms with Crippen molar-refractivity contribution in [2.75, 3.05) is 23.8 Å². The number of ether oxygens (including phenoxy) is 2. The summed E-state index contributed by atoms with van der Waals surface area (Å²) in [4.78, 5) is 11.7. The van der Waals surface area contributed by atoms with Crippen molar-refractivity contribution in [3.63, 3.8) is 0 Å². The molecule has 0 bridgehead atoms. The normalized spacial score (nSPS) is 16.2. The van der Waals surface area contributed by atoms with Gasteiger partial charge in [0.2, 0.25) is 5.91 Å². The van der Waals surface area contributed by atoms with E-state index in [1.807, 2.05) is 24.3 Å². The van der Waals surface area contributed by atoms with Crippen molar-refractivity contribution in [1.29, 1.82) is 0 Å². The Labute approximate surface area is 147 Å². The number of aryl methyl sites for hydroxylation is 1. The molecule has 0 aliphatic carbocycles. The second kappa shape index (κ2) is 7.05.